The SMILES string of the molecule is CC[C@@H](N)c1ccccc1SCc1cccc(C)c1. The van der Waals surface area contributed by atoms with Crippen LogP contribution in [0.2, 0.25) is 0 Å². The second-order valence-corrected chi connectivity index (χ2v) is 5.85. The molecule has 0 heterocycles. The Kier molecular flexibility index (Phi) is 5.06. The van der Waals surface area contributed by atoms with Crippen LogP contribution in [-0.2, 0) is 5.75 Å². The van der Waals surface area contributed by atoms with Gasteiger partial charge in [0.05, 0.1) is 0 Å². The Morgan fingerprint density at radius 3 is 2.63 bits per heavy atom. The van der Waals surface area contributed by atoms with Gasteiger partial charge in [0.25, 0.3) is 0 Å². The van der Waals surface area contributed by atoms with Crippen molar-refractivity contribution in [1.82, 2.24) is 0 Å². The summed E-state index contributed by atoms with van der Waals surface area (Å²) in [6, 6.07) is 17.3. The zero-order valence-electron chi connectivity index (χ0n) is 11.6. The molecule has 2 heteroatoms. The van der Waals surface area contributed by atoms with Crippen LogP contribution in [0.1, 0.15) is 36.1 Å². The second kappa shape index (κ2) is 6.78. The summed E-state index contributed by atoms with van der Waals surface area (Å²) >= 11 is 1.87. The maximum absolute atomic E-state index is 6.17. The van der Waals surface area contributed by atoms with Gasteiger partial charge < -0.3 is 5.73 Å². The van der Waals surface area contributed by atoms with E-state index in [4.69, 9.17) is 5.73 Å². The number of hydrogen-bond donors (Lipinski definition) is 1. The minimum Gasteiger partial charge on any atom is -0.324 e. The molecule has 0 radical (unpaired) electrons. The first-order valence-corrected chi connectivity index (χ1v) is 7.72. The van der Waals surface area contributed by atoms with E-state index in [0.717, 1.165) is 12.2 Å². The van der Waals surface area contributed by atoms with Crippen LogP contribution in [0.5, 0.6) is 0 Å². The third kappa shape index (κ3) is 3.85. The number of hydrogen-bond acceptors (Lipinski definition) is 2. The Balaban J connectivity index is 2.11. The maximum Gasteiger partial charge on any atom is 0.0303 e. The van der Waals surface area contributed by atoms with Gasteiger partial charge in [0, 0.05) is 16.7 Å². The average Bonchev–Trinajstić information content (AvgIpc) is 2.45. The average molecular weight is 271 g/mol. The summed E-state index contributed by atoms with van der Waals surface area (Å²) in [6.07, 6.45) is 0.974. The van der Waals surface area contributed by atoms with Crippen LogP contribution < -0.4 is 5.73 Å². The molecule has 0 fully saturated rings. The molecule has 0 saturated heterocycles. The normalized spacial score (nSPS) is 12.4. The van der Waals surface area contributed by atoms with Crippen LogP contribution >= 0.6 is 11.8 Å². The summed E-state index contributed by atoms with van der Waals surface area (Å²) in [7, 11) is 0. The van der Waals surface area contributed by atoms with Crippen LogP contribution in [0.3, 0.4) is 0 Å². The number of aryl methyl sites for hydroxylation is 1. The van der Waals surface area contributed by atoms with E-state index in [-0.39, 0.29) is 6.04 Å². The molecule has 19 heavy (non-hydrogen) atoms. The van der Waals surface area contributed by atoms with E-state index in [0.29, 0.717) is 0 Å². The first-order valence-electron chi connectivity index (χ1n) is 6.73. The van der Waals surface area contributed by atoms with E-state index in [1.165, 1.54) is 21.6 Å². The van der Waals surface area contributed by atoms with E-state index >= 15 is 0 Å². The molecule has 0 aromatic heterocycles. The molecular formula is C17H21NS. The lowest BCUT2D eigenvalue weighted by Gasteiger charge is -2.14. The molecule has 2 N–H and O–H groups in total. The summed E-state index contributed by atoms with van der Waals surface area (Å²) in [5.74, 6) is 0.995. The highest BCUT2D eigenvalue weighted by atomic mass is 32.2. The van der Waals surface area contributed by atoms with E-state index in [9.17, 15) is 0 Å². The molecular weight excluding hydrogens is 250 g/mol. The van der Waals surface area contributed by atoms with Crippen molar-refractivity contribution < 1.29 is 0 Å². The Bertz CT molecular complexity index is 536. The molecule has 1 nitrogen and oxygen atoms in total. The van der Waals surface area contributed by atoms with Gasteiger partial charge in [0.2, 0.25) is 0 Å². The van der Waals surface area contributed by atoms with Crippen molar-refractivity contribution >= 4 is 11.8 Å². The first kappa shape index (κ1) is 14.2. The van der Waals surface area contributed by atoms with Crippen LogP contribution in [-0.4, -0.2) is 0 Å². The largest absolute Gasteiger partial charge is 0.324 e. The Morgan fingerprint density at radius 1 is 1.11 bits per heavy atom. The summed E-state index contributed by atoms with van der Waals surface area (Å²) in [6.45, 7) is 4.27. The monoisotopic (exact) mass is 271 g/mol. The zero-order valence-corrected chi connectivity index (χ0v) is 12.4. The van der Waals surface area contributed by atoms with Gasteiger partial charge in [0.1, 0.15) is 0 Å². The van der Waals surface area contributed by atoms with Crippen molar-refractivity contribution in [2.24, 2.45) is 5.73 Å². The highest BCUT2D eigenvalue weighted by Crippen LogP contribution is 2.30. The van der Waals surface area contributed by atoms with Gasteiger partial charge in [-0.15, -0.1) is 11.8 Å². The minimum absolute atomic E-state index is 0.140. The fourth-order valence-electron chi connectivity index (χ4n) is 2.10. The fourth-order valence-corrected chi connectivity index (χ4v) is 3.16. The molecule has 0 aliphatic heterocycles. The van der Waals surface area contributed by atoms with E-state index in [1.807, 2.05) is 11.8 Å². The van der Waals surface area contributed by atoms with Gasteiger partial charge in [-0.25, -0.2) is 0 Å². The zero-order chi connectivity index (χ0) is 13.7. The van der Waals surface area contributed by atoms with E-state index in [2.05, 4.69) is 62.4 Å². The van der Waals surface area contributed by atoms with Crippen molar-refractivity contribution in [3.63, 3.8) is 0 Å². The van der Waals surface area contributed by atoms with Gasteiger partial charge in [0.15, 0.2) is 0 Å². The van der Waals surface area contributed by atoms with Crippen molar-refractivity contribution in [3.8, 4) is 0 Å². The number of nitrogens with two attached hydrogens (primary N) is 1. The second-order valence-electron chi connectivity index (χ2n) is 4.83. The minimum atomic E-state index is 0.140. The molecule has 0 spiro atoms. The first-order chi connectivity index (χ1) is 9.20. The predicted octanol–water partition coefficient (Wildman–Crippen LogP) is 4.70. The molecule has 0 saturated carbocycles. The molecule has 0 aliphatic rings. The van der Waals surface area contributed by atoms with Crippen molar-refractivity contribution in [2.45, 2.75) is 37.0 Å². The summed E-state index contributed by atoms with van der Waals surface area (Å²) in [5, 5.41) is 0. The van der Waals surface area contributed by atoms with Gasteiger partial charge in [-0.2, -0.15) is 0 Å². The topological polar surface area (TPSA) is 26.0 Å². The summed E-state index contributed by atoms with van der Waals surface area (Å²) < 4.78 is 0. The smallest absolute Gasteiger partial charge is 0.0303 e. The predicted molar refractivity (Wildman–Crippen MR) is 84.4 cm³/mol. The molecule has 0 bridgehead atoms. The molecule has 2 aromatic rings. The van der Waals surface area contributed by atoms with E-state index in [1.54, 1.807) is 0 Å². The van der Waals surface area contributed by atoms with Crippen molar-refractivity contribution in [1.29, 1.82) is 0 Å². The Morgan fingerprint density at radius 2 is 1.89 bits per heavy atom. The number of rotatable bonds is 5. The molecule has 0 unspecified atom stereocenters. The number of thioether (sulfide) groups is 1. The molecule has 1 atom stereocenters. The lowest BCUT2D eigenvalue weighted by molar-refractivity contribution is 0.685. The maximum atomic E-state index is 6.17. The van der Waals surface area contributed by atoms with Crippen molar-refractivity contribution in [2.75, 3.05) is 0 Å². The van der Waals surface area contributed by atoms with Crippen LogP contribution in [0.25, 0.3) is 0 Å². The molecule has 0 aliphatic carbocycles. The lowest BCUT2D eigenvalue weighted by atomic mass is 10.1. The van der Waals surface area contributed by atoms with Crippen LogP contribution in [0.15, 0.2) is 53.4 Å². The van der Waals surface area contributed by atoms with Crippen molar-refractivity contribution in [3.05, 3.63) is 65.2 Å². The molecule has 0 amide bonds. The fraction of sp³-hybridized carbons (Fsp3) is 0.294. The van der Waals surface area contributed by atoms with E-state index < -0.39 is 0 Å². The Hall–Kier alpha value is -1.25. The highest BCUT2D eigenvalue weighted by molar-refractivity contribution is 7.98. The van der Waals surface area contributed by atoms with Crippen LogP contribution in [0.4, 0.5) is 0 Å². The van der Waals surface area contributed by atoms with Crippen LogP contribution in [0, 0.1) is 6.92 Å². The summed E-state index contributed by atoms with van der Waals surface area (Å²) in [5.41, 5.74) is 10.1. The molecule has 2 rings (SSSR count). The third-order valence-electron chi connectivity index (χ3n) is 3.24. The third-order valence-corrected chi connectivity index (χ3v) is 4.40. The van der Waals surface area contributed by atoms with Gasteiger partial charge >= 0.3 is 0 Å². The lowest BCUT2D eigenvalue weighted by Crippen LogP contribution is -2.09. The standard InChI is InChI=1S/C17H21NS/c1-3-16(18)15-9-4-5-10-17(15)19-12-14-8-6-7-13(2)11-14/h4-11,16H,3,12,18H2,1-2H3/t16-/m1/s1. The molecule has 100 valence electrons. The number of benzene rings is 2. The van der Waals surface area contributed by atoms with Gasteiger partial charge in [-0.3, -0.25) is 0 Å². The summed E-state index contributed by atoms with van der Waals surface area (Å²) in [4.78, 5) is 1.30. The highest BCUT2D eigenvalue weighted by Gasteiger charge is 2.09. The van der Waals surface area contributed by atoms with Gasteiger partial charge in [-0.1, -0.05) is 55.0 Å². The quantitative estimate of drug-likeness (QED) is 0.798. The Labute approximate surface area is 120 Å². The molecule has 2 aromatic carbocycles. The van der Waals surface area contributed by atoms with Gasteiger partial charge in [-0.05, 0) is 30.5 Å².